The standard InChI is InChI=1S/C52H62BFN2O6Si/c1-5-15-36(30-38-22-24-46(57)45(54)31-38)23-25-47-48-39(35-61-63(52(2,3)4,41-18-11-7-12-19-41)42-20-13-8-14-21-42)32-43-49(44(48)33-53(60)62-47)51(59)56(50(43)58)40-26-28-55(29-27-40)34-37-16-9-6-10-17-37/h6-14,16-22,24,30-31,40,43-44,47,49,57,60H,5,15,23,25-29,32-35H2,1-4H3/b36-30+/t43-,44+,47-,49-/m1/s1. The molecule has 4 atom stereocenters. The summed E-state index contributed by atoms with van der Waals surface area (Å²) < 4.78 is 28.5. The highest BCUT2D eigenvalue weighted by Crippen LogP contribution is 2.52. The fraction of sp³-hybridized carbons (Fsp3) is 0.423. The minimum atomic E-state index is -3.01. The lowest BCUT2D eigenvalue weighted by Crippen LogP contribution is -2.66. The summed E-state index contributed by atoms with van der Waals surface area (Å²) in [7, 11) is -4.12. The number of hydrogen-bond acceptors (Lipinski definition) is 7. The molecule has 1 aliphatic carbocycles. The lowest BCUT2D eigenvalue weighted by molar-refractivity contribution is -0.144. The molecule has 3 heterocycles. The molecule has 8 nitrogen and oxygen atoms in total. The van der Waals surface area contributed by atoms with E-state index < -0.39 is 39.2 Å². The van der Waals surface area contributed by atoms with Crippen molar-refractivity contribution in [2.45, 2.75) is 103 Å². The summed E-state index contributed by atoms with van der Waals surface area (Å²) >= 11 is 0. The van der Waals surface area contributed by atoms with E-state index >= 15 is 0 Å². The molecule has 330 valence electrons. The van der Waals surface area contributed by atoms with Gasteiger partial charge >= 0.3 is 7.12 Å². The van der Waals surface area contributed by atoms with Gasteiger partial charge in [0.15, 0.2) is 11.6 Å². The molecule has 3 fully saturated rings. The van der Waals surface area contributed by atoms with Gasteiger partial charge in [-0.05, 0) is 101 Å². The molecule has 4 aromatic carbocycles. The number of phenols is 1. The summed E-state index contributed by atoms with van der Waals surface area (Å²) in [5.41, 5.74) is 5.00. The molecular formula is C52H62BFN2O6Si. The van der Waals surface area contributed by atoms with Gasteiger partial charge in [-0.15, -0.1) is 0 Å². The van der Waals surface area contributed by atoms with Crippen LogP contribution in [-0.4, -0.2) is 79.0 Å². The molecule has 3 aliphatic heterocycles. The number of hydrogen-bond donors (Lipinski definition) is 2. The van der Waals surface area contributed by atoms with Gasteiger partial charge in [0, 0.05) is 25.7 Å². The highest BCUT2D eigenvalue weighted by molar-refractivity contribution is 6.99. The Morgan fingerprint density at radius 1 is 0.889 bits per heavy atom. The van der Waals surface area contributed by atoms with Crippen LogP contribution in [0.4, 0.5) is 4.39 Å². The van der Waals surface area contributed by atoms with Gasteiger partial charge in [-0.3, -0.25) is 19.4 Å². The number of carbonyl (C=O) groups excluding carboxylic acids is 2. The van der Waals surface area contributed by atoms with E-state index in [9.17, 15) is 24.1 Å². The molecular weight excluding hydrogens is 806 g/mol. The van der Waals surface area contributed by atoms with E-state index in [0.717, 1.165) is 72.4 Å². The summed E-state index contributed by atoms with van der Waals surface area (Å²) in [6.45, 7) is 11.6. The van der Waals surface area contributed by atoms with Crippen molar-refractivity contribution in [3.8, 4) is 5.75 Å². The van der Waals surface area contributed by atoms with Crippen LogP contribution >= 0.6 is 0 Å². The Morgan fingerprint density at radius 2 is 1.52 bits per heavy atom. The predicted octanol–water partition coefficient (Wildman–Crippen LogP) is 8.53. The average molecular weight is 869 g/mol. The Kier molecular flexibility index (Phi) is 13.7. The number of phenolic OH excluding ortho intramolecular Hbond substituents is 1. The molecule has 2 N–H and O–H groups in total. The lowest BCUT2D eigenvalue weighted by atomic mass is 9.58. The molecule has 0 spiro atoms. The largest absolute Gasteiger partial charge is 0.505 e. The summed E-state index contributed by atoms with van der Waals surface area (Å²) in [6.07, 6.45) is 6.32. The van der Waals surface area contributed by atoms with Gasteiger partial charge in [-0.2, -0.15) is 0 Å². The zero-order chi connectivity index (χ0) is 44.3. The van der Waals surface area contributed by atoms with Crippen LogP contribution in [0.1, 0.15) is 83.8 Å². The van der Waals surface area contributed by atoms with Crippen molar-refractivity contribution in [3.05, 3.63) is 143 Å². The quantitative estimate of drug-likeness (QED) is 0.0745. The normalized spacial score (nSPS) is 22.7. The molecule has 8 rings (SSSR count). The van der Waals surface area contributed by atoms with E-state index in [1.54, 1.807) is 11.0 Å². The van der Waals surface area contributed by atoms with Crippen molar-refractivity contribution in [3.63, 3.8) is 0 Å². The number of piperidine rings is 1. The Balaban J connectivity index is 1.14. The van der Waals surface area contributed by atoms with Gasteiger partial charge in [0.1, 0.15) is 0 Å². The van der Waals surface area contributed by atoms with Crippen LogP contribution < -0.4 is 10.4 Å². The number of carbonyl (C=O) groups is 2. The molecule has 0 aromatic heterocycles. The number of likely N-dealkylation sites (tertiary alicyclic amines) is 2. The third-order valence-electron chi connectivity index (χ3n) is 14.0. The second-order valence-electron chi connectivity index (χ2n) is 19.1. The van der Waals surface area contributed by atoms with E-state index in [1.807, 2.05) is 24.3 Å². The van der Waals surface area contributed by atoms with Crippen molar-refractivity contribution in [1.82, 2.24) is 9.80 Å². The highest BCUT2D eigenvalue weighted by atomic mass is 28.4. The lowest BCUT2D eigenvalue weighted by Gasteiger charge is -2.46. The first-order valence-electron chi connectivity index (χ1n) is 23.0. The number of halogens is 1. The Hall–Kier alpha value is -4.65. The van der Waals surface area contributed by atoms with Gasteiger partial charge in [0.05, 0.1) is 24.5 Å². The molecule has 2 amide bonds. The van der Waals surface area contributed by atoms with Crippen molar-refractivity contribution in [1.29, 1.82) is 0 Å². The van der Waals surface area contributed by atoms with Crippen LogP contribution in [0.5, 0.6) is 5.75 Å². The molecule has 0 saturated carbocycles. The molecule has 4 aromatic rings. The van der Waals surface area contributed by atoms with Crippen molar-refractivity contribution in [2.75, 3.05) is 19.7 Å². The number of rotatable bonds is 14. The topological polar surface area (TPSA) is 99.5 Å². The van der Waals surface area contributed by atoms with Gasteiger partial charge < -0.3 is 19.2 Å². The monoisotopic (exact) mass is 868 g/mol. The van der Waals surface area contributed by atoms with E-state index in [0.29, 0.717) is 24.8 Å². The first-order valence-corrected chi connectivity index (χ1v) is 24.9. The fourth-order valence-electron chi connectivity index (χ4n) is 11.2. The summed E-state index contributed by atoms with van der Waals surface area (Å²) in [6, 6.07) is 35.7. The molecule has 4 aliphatic rings. The smallest absolute Gasteiger partial charge is 0.455 e. The number of benzene rings is 4. The number of aromatic hydroxyl groups is 1. The maximum absolute atomic E-state index is 14.9. The van der Waals surface area contributed by atoms with Crippen LogP contribution in [0.25, 0.3) is 6.08 Å². The van der Waals surface area contributed by atoms with Gasteiger partial charge in [0.2, 0.25) is 11.8 Å². The average Bonchev–Trinajstić information content (AvgIpc) is 3.53. The Morgan fingerprint density at radius 3 is 2.13 bits per heavy atom. The molecule has 0 bridgehead atoms. The predicted molar refractivity (Wildman–Crippen MR) is 250 cm³/mol. The van der Waals surface area contributed by atoms with Gasteiger partial charge in [0.25, 0.3) is 8.32 Å². The number of fused-ring (bicyclic) bond motifs is 3. The summed E-state index contributed by atoms with van der Waals surface area (Å²) in [5, 5.41) is 23.4. The summed E-state index contributed by atoms with van der Waals surface area (Å²) in [5.74, 6) is -2.79. The van der Waals surface area contributed by atoms with Gasteiger partial charge in [-0.1, -0.05) is 143 Å². The first-order chi connectivity index (χ1) is 30.4. The van der Waals surface area contributed by atoms with Crippen LogP contribution in [0.3, 0.4) is 0 Å². The molecule has 3 saturated heterocycles. The molecule has 0 unspecified atom stereocenters. The number of nitrogens with zero attached hydrogens (tertiary/aromatic N) is 2. The van der Waals surface area contributed by atoms with Crippen molar-refractivity contribution in [2.24, 2.45) is 17.8 Å². The van der Waals surface area contributed by atoms with E-state index in [1.165, 1.54) is 17.7 Å². The van der Waals surface area contributed by atoms with E-state index in [2.05, 4.69) is 105 Å². The second kappa shape index (κ2) is 19.2. The zero-order valence-corrected chi connectivity index (χ0v) is 38.2. The molecule has 0 radical (unpaired) electrons. The Bertz CT molecular complexity index is 2260. The van der Waals surface area contributed by atoms with Crippen LogP contribution in [0.15, 0.2) is 126 Å². The maximum Gasteiger partial charge on any atom is 0.455 e. The third kappa shape index (κ3) is 9.31. The minimum absolute atomic E-state index is 0.0969. The number of imide groups is 1. The van der Waals surface area contributed by atoms with Crippen molar-refractivity contribution < 1.29 is 33.2 Å². The van der Waals surface area contributed by atoms with Crippen LogP contribution in [-0.2, 0) is 25.2 Å². The van der Waals surface area contributed by atoms with Crippen LogP contribution in [0, 0.1) is 23.6 Å². The number of amides is 2. The van der Waals surface area contributed by atoms with Crippen LogP contribution in [0.2, 0.25) is 11.4 Å². The second-order valence-corrected chi connectivity index (χ2v) is 23.4. The van der Waals surface area contributed by atoms with Gasteiger partial charge in [-0.25, -0.2) is 4.39 Å². The summed E-state index contributed by atoms with van der Waals surface area (Å²) in [4.78, 5) is 33.7. The number of allylic oxidation sites excluding steroid dienone is 1. The molecule has 11 heteroatoms. The fourth-order valence-corrected chi connectivity index (χ4v) is 15.7. The van der Waals surface area contributed by atoms with Crippen molar-refractivity contribution >= 4 is 43.7 Å². The third-order valence-corrected chi connectivity index (χ3v) is 19.0. The first kappa shape index (κ1) is 44.9. The molecule has 63 heavy (non-hydrogen) atoms. The zero-order valence-electron chi connectivity index (χ0n) is 37.2. The highest BCUT2D eigenvalue weighted by Gasteiger charge is 2.59. The SMILES string of the molecule is CCC/C(=C\c1ccc(O)c(F)c1)CC[C@H]1OB(O)C[C@H]2C1=C(CO[Si](c1ccccc1)(c1ccccc1)C(C)(C)C)C[C@H]1C(=O)N(C3CCN(Cc4ccccc4)CC3)C(=O)[C@H]12. The maximum atomic E-state index is 14.9. The van der Waals surface area contributed by atoms with E-state index in [4.69, 9.17) is 9.08 Å². The minimum Gasteiger partial charge on any atom is -0.505 e. The Labute approximate surface area is 374 Å². The van der Waals surface area contributed by atoms with E-state index in [-0.39, 0.29) is 47.5 Å².